The smallest absolute Gasteiger partial charge is 0.150 e. The standard InChI is InChI=1S/C37H43Br2O2P/c1-6-8-16-28-22-30(24-38)26(3)34(36(28)40-5)35-27(4)31(25-39)23-29(17-9-7-2)37(35)41-42(32-18-12-10-13-19-32)33-20-14-11-15-21-33/h10-15,18-23H,6-9,16-17,24-25H2,1-5H3. The molecule has 0 aliphatic carbocycles. The number of halogens is 2. The van der Waals surface area contributed by atoms with Crippen molar-refractivity contribution < 1.29 is 9.26 Å². The lowest BCUT2D eigenvalue weighted by molar-refractivity contribution is 0.410. The van der Waals surface area contributed by atoms with Crippen LogP contribution >= 0.6 is 40.0 Å². The third-order valence-corrected chi connectivity index (χ3v) is 11.1. The van der Waals surface area contributed by atoms with Crippen molar-refractivity contribution in [3.05, 3.63) is 106 Å². The van der Waals surface area contributed by atoms with E-state index in [1.165, 1.54) is 55.1 Å². The quantitative estimate of drug-likeness (QED) is 0.0958. The SMILES string of the molecule is CCCCc1cc(CBr)c(C)c(-c2c(C)c(CBr)cc(CCCC)c2OP(c2ccccc2)c2ccccc2)c1OC. The Morgan fingerprint density at radius 1 is 0.619 bits per heavy atom. The first-order valence-electron chi connectivity index (χ1n) is 15.0. The first kappa shape index (κ1) is 32.8. The minimum absolute atomic E-state index is 0.791. The number of aryl methyl sites for hydroxylation is 2. The summed E-state index contributed by atoms with van der Waals surface area (Å²) in [5.74, 6) is 1.98. The van der Waals surface area contributed by atoms with E-state index in [-0.39, 0.29) is 0 Å². The molecule has 0 aliphatic rings. The molecule has 0 aromatic heterocycles. The molecule has 0 bridgehead atoms. The molecule has 42 heavy (non-hydrogen) atoms. The van der Waals surface area contributed by atoms with E-state index in [1.807, 2.05) is 7.11 Å². The summed E-state index contributed by atoms with van der Waals surface area (Å²) in [5, 5.41) is 4.00. The fraction of sp³-hybridized carbons (Fsp3) is 0.351. The molecule has 0 fully saturated rings. The normalized spacial score (nSPS) is 11.2. The average molecular weight is 711 g/mol. The Bertz CT molecular complexity index is 1420. The summed E-state index contributed by atoms with van der Waals surface area (Å²) in [6.45, 7) is 9.00. The zero-order valence-corrected chi connectivity index (χ0v) is 29.7. The fourth-order valence-electron chi connectivity index (χ4n) is 5.55. The first-order chi connectivity index (χ1) is 20.5. The van der Waals surface area contributed by atoms with Crippen molar-refractivity contribution in [3.8, 4) is 22.6 Å². The average Bonchev–Trinajstić information content (AvgIpc) is 3.03. The Labute approximate surface area is 271 Å². The Morgan fingerprint density at radius 3 is 1.45 bits per heavy atom. The van der Waals surface area contributed by atoms with E-state index in [4.69, 9.17) is 9.26 Å². The second-order valence-electron chi connectivity index (χ2n) is 10.8. The van der Waals surface area contributed by atoms with Gasteiger partial charge in [0, 0.05) is 32.4 Å². The molecule has 0 aliphatic heterocycles. The predicted molar refractivity (Wildman–Crippen MR) is 190 cm³/mol. The van der Waals surface area contributed by atoms with Gasteiger partial charge >= 0.3 is 0 Å². The summed E-state index contributed by atoms with van der Waals surface area (Å²) in [4.78, 5) is 0. The topological polar surface area (TPSA) is 18.5 Å². The molecule has 222 valence electrons. The Morgan fingerprint density at radius 2 is 1.05 bits per heavy atom. The monoisotopic (exact) mass is 708 g/mol. The van der Waals surface area contributed by atoms with Crippen LogP contribution in [0.2, 0.25) is 0 Å². The van der Waals surface area contributed by atoms with E-state index in [9.17, 15) is 0 Å². The van der Waals surface area contributed by atoms with Gasteiger partial charge in [0.1, 0.15) is 11.5 Å². The van der Waals surface area contributed by atoms with Crippen molar-refractivity contribution in [2.45, 2.75) is 76.9 Å². The molecule has 0 atom stereocenters. The zero-order valence-electron chi connectivity index (χ0n) is 25.6. The van der Waals surface area contributed by atoms with E-state index in [1.54, 1.807) is 0 Å². The van der Waals surface area contributed by atoms with Gasteiger partial charge in [-0.25, -0.2) is 0 Å². The third kappa shape index (κ3) is 7.32. The van der Waals surface area contributed by atoms with Crippen LogP contribution in [0.3, 0.4) is 0 Å². The second-order valence-corrected chi connectivity index (χ2v) is 13.7. The van der Waals surface area contributed by atoms with Gasteiger partial charge in [0.2, 0.25) is 0 Å². The van der Waals surface area contributed by atoms with Crippen LogP contribution < -0.4 is 19.9 Å². The van der Waals surface area contributed by atoms with E-state index >= 15 is 0 Å². The molecule has 0 radical (unpaired) electrons. The van der Waals surface area contributed by atoms with Gasteiger partial charge in [-0.3, -0.25) is 0 Å². The molecule has 4 rings (SSSR count). The molecular formula is C37H43Br2O2P. The molecule has 0 heterocycles. The molecule has 0 N–H and O–H groups in total. The largest absolute Gasteiger partial charge is 0.496 e. The summed E-state index contributed by atoms with van der Waals surface area (Å²) in [5.41, 5.74) is 9.97. The van der Waals surface area contributed by atoms with E-state index in [2.05, 4.69) is 132 Å². The highest BCUT2D eigenvalue weighted by Gasteiger charge is 2.28. The molecule has 0 unspecified atom stereocenters. The number of rotatable bonds is 14. The van der Waals surface area contributed by atoms with E-state index in [0.717, 1.165) is 60.7 Å². The van der Waals surface area contributed by atoms with Crippen molar-refractivity contribution in [3.63, 3.8) is 0 Å². The number of ether oxygens (including phenoxy) is 1. The van der Waals surface area contributed by atoms with Crippen molar-refractivity contribution in [1.82, 2.24) is 0 Å². The molecule has 2 nitrogen and oxygen atoms in total. The van der Waals surface area contributed by atoms with Gasteiger partial charge in [-0.05, 0) is 72.9 Å². The van der Waals surface area contributed by atoms with Crippen LogP contribution in [-0.2, 0) is 23.5 Å². The Kier molecular flexibility index (Phi) is 12.6. The molecule has 0 spiro atoms. The highest BCUT2D eigenvalue weighted by Crippen LogP contribution is 2.51. The maximum Gasteiger partial charge on any atom is 0.150 e. The predicted octanol–water partition coefficient (Wildman–Crippen LogP) is 10.9. The van der Waals surface area contributed by atoms with Crippen LogP contribution in [0.25, 0.3) is 11.1 Å². The molecule has 4 aromatic carbocycles. The van der Waals surface area contributed by atoms with Crippen molar-refractivity contribution in [2.75, 3.05) is 7.11 Å². The Hall–Kier alpha value is -2.13. The molecule has 5 heteroatoms. The molecule has 4 aromatic rings. The van der Waals surface area contributed by atoms with Gasteiger partial charge in [0.15, 0.2) is 8.15 Å². The van der Waals surface area contributed by atoms with Crippen LogP contribution in [0.1, 0.15) is 72.9 Å². The van der Waals surface area contributed by atoms with Gasteiger partial charge in [-0.15, -0.1) is 0 Å². The first-order valence-corrected chi connectivity index (χ1v) is 18.5. The lowest BCUT2D eigenvalue weighted by Gasteiger charge is -2.28. The number of hydrogen-bond acceptors (Lipinski definition) is 2. The van der Waals surface area contributed by atoms with Gasteiger partial charge in [-0.2, -0.15) is 0 Å². The summed E-state index contributed by atoms with van der Waals surface area (Å²) >= 11 is 7.62. The van der Waals surface area contributed by atoms with Crippen LogP contribution in [0.15, 0.2) is 72.8 Å². The zero-order chi connectivity index (χ0) is 30.1. The van der Waals surface area contributed by atoms with E-state index in [0.29, 0.717) is 0 Å². The number of alkyl halides is 2. The molecule has 0 amide bonds. The summed E-state index contributed by atoms with van der Waals surface area (Å²) in [6, 6.07) is 26.1. The van der Waals surface area contributed by atoms with Crippen molar-refractivity contribution in [2.24, 2.45) is 0 Å². The summed E-state index contributed by atoms with van der Waals surface area (Å²) in [6.07, 6.45) is 6.45. The number of hydrogen-bond donors (Lipinski definition) is 0. The fourth-order valence-corrected chi connectivity index (χ4v) is 8.50. The maximum absolute atomic E-state index is 7.41. The molecular weight excluding hydrogens is 667 g/mol. The number of unbranched alkanes of at least 4 members (excludes halogenated alkanes) is 2. The maximum atomic E-state index is 7.41. The minimum Gasteiger partial charge on any atom is -0.496 e. The lowest BCUT2D eigenvalue weighted by atomic mass is 9.85. The van der Waals surface area contributed by atoms with E-state index < -0.39 is 8.15 Å². The molecule has 0 saturated carbocycles. The number of benzene rings is 4. The van der Waals surface area contributed by atoms with Crippen LogP contribution in [-0.4, -0.2) is 7.11 Å². The van der Waals surface area contributed by atoms with Gasteiger partial charge in [-0.1, -0.05) is 131 Å². The highest BCUT2D eigenvalue weighted by atomic mass is 79.9. The Balaban J connectivity index is 2.08. The summed E-state index contributed by atoms with van der Waals surface area (Å²) in [7, 11) is 0.719. The number of methoxy groups -OCH3 is 1. The molecule has 0 saturated heterocycles. The van der Waals surface area contributed by atoms with Crippen LogP contribution in [0, 0.1) is 13.8 Å². The second kappa shape index (κ2) is 16.1. The van der Waals surface area contributed by atoms with Gasteiger partial charge < -0.3 is 9.26 Å². The van der Waals surface area contributed by atoms with Crippen molar-refractivity contribution >= 4 is 50.6 Å². The minimum atomic E-state index is -1.10. The highest BCUT2D eigenvalue weighted by molar-refractivity contribution is 9.08. The van der Waals surface area contributed by atoms with Gasteiger partial charge in [0.25, 0.3) is 0 Å². The van der Waals surface area contributed by atoms with Crippen LogP contribution in [0.4, 0.5) is 0 Å². The third-order valence-electron chi connectivity index (χ3n) is 7.95. The van der Waals surface area contributed by atoms with Crippen molar-refractivity contribution in [1.29, 1.82) is 0 Å². The summed E-state index contributed by atoms with van der Waals surface area (Å²) < 4.78 is 13.7. The van der Waals surface area contributed by atoms with Crippen LogP contribution in [0.5, 0.6) is 11.5 Å². The van der Waals surface area contributed by atoms with Gasteiger partial charge in [0.05, 0.1) is 7.11 Å². The lowest BCUT2D eigenvalue weighted by Crippen LogP contribution is -2.17.